The van der Waals surface area contributed by atoms with E-state index in [0.29, 0.717) is 5.75 Å². The van der Waals surface area contributed by atoms with Crippen LogP contribution in [0.4, 0.5) is 0 Å². The van der Waals surface area contributed by atoms with Gasteiger partial charge in [-0.1, -0.05) is 19.1 Å². The summed E-state index contributed by atoms with van der Waals surface area (Å²) in [5.41, 5.74) is 0. The minimum absolute atomic E-state index is 0.0236. The predicted molar refractivity (Wildman–Crippen MR) is 77.7 cm³/mol. The molecular weight excluding hydrogens is 312 g/mol. The lowest BCUT2D eigenvalue weighted by molar-refractivity contribution is 0.0925. The summed E-state index contributed by atoms with van der Waals surface area (Å²) < 4.78 is 6.37. The van der Waals surface area contributed by atoms with Gasteiger partial charge in [0.2, 0.25) is 5.78 Å². The summed E-state index contributed by atoms with van der Waals surface area (Å²) in [5, 5.41) is 0. The van der Waals surface area contributed by atoms with Crippen molar-refractivity contribution in [3.63, 3.8) is 0 Å². The molecule has 18 heavy (non-hydrogen) atoms. The number of rotatable bonds is 5. The highest BCUT2D eigenvalue weighted by Crippen LogP contribution is 2.24. The molecule has 0 aliphatic heterocycles. The molecule has 0 fully saturated rings. The van der Waals surface area contributed by atoms with Crippen LogP contribution < -0.4 is 4.74 Å². The molecule has 0 saturated heterocycles. The number of halogens is 1. The van der Waals surface area contributed by atoms with Crippen LogP contribution in [0.25, 0.3) is 0 Å². The molecule has 0 N–H and O–H groups in total. The van der Waals surface area contributed by atoms with Gasteiger partial charge < -0.3 is 4.74 Å². The van der Waals surface area contributed by atoms with E-state index in [1.165, 1.54) is 16.2 Å². The largest absolute Gasteiger partial charge is 0.484 e. The Labute approximate surface area is 119 Å². The molecule has 0 unspecified atom stereocenters. The number of aryl methyl sites for hydroxylation is 1. The van der Waals surface area contributed by atoms with Gasteiger partial charge in [0.15, 0.2) is 6.61 Å². The lowest BCUT2D eigenvalue weighted by Gasteiger charge is -2.06. The fraction of sp³-hybridized carbons (Fsp3) is 0.214. The van der Waals surface area contributed by atoms with Gasteiger partial charge >= 0.3 is 0 Å². The molecule has 0 aliphatic carbocycles. The number of ketones is 1. The van der Waals surface area contributed by atoms with Gasteiger partial charge in [0.05, 0.1) is 9.35 Å². The first-order valence-corrected chi connectivity index (χ1v) is 7.31. The first-order valence-electron chi connectivity index (χ1n) is 5.70. The minimum Gasteiger partial charge on any atom is -0.484 e. The Morgan fingerprint density at radius 3 is 2.72 bits per heavy atom. The van der Waals surface area contributed by atoms with Gasteiger partial charge in [-0.15, -0.1) is 11.3 Å². The first kappa shape index (κ1) is 13.3. The van der Waals surface area contributed by atoms with Gasteiger partial charge in [-0.05, 0) is 46.6 Å². The van der Waals surface area contributed by atoms with Gasteiger partial charge in [-0.2, -0.15) is 0 Å². The number of hydrogen-bond donors (Lipinski definition) is 0. The monoisotopic (exact) mass is 324 g/mol. The Balaban J connectivity index is 1.98. The van der Waals surface area contributed by atoms with E-state index in [1.54, 1.807) is 0 Å². The van der Waals surface area contributed by atoms with Crippen molar-refractivity contribution in [2.24, 2.45) is 0 Å². The summed E-state index contributed by atoms with van der Waals surface area (Å²) in [7, 11) is 0. The van der Waals surface area contributed by atoms with Crippen molar-refractivity contribution < 1.29 is 9.53 Å². The average Bonchev–Trinajstić information content (AvgIpc) is 2.86. The van der Waals surface area contributed by atoms with Crippen LogP contribution >= 0.6 is 27.3 Å². The molecule has 1 aromatic heterocycles. The number of carbonyl (C=O) groups is 1. The number of thiophene rings is 1. The fourth-order valence-electron chi connectivity index (χ4n) is 1.49. The maximum atomic E-state index is 11.9. The second-order valence-electron chi connectivity index (χ2n) is 3.76. The quantitative estimate of drug-likeness (QED) is 0.765. The third kappa shape index (κ3) is 3.21. The van der Waals surface area contributed by atoms with Crippen LogP contribution in [-0.4, -0.2) is 12.4 Å². The third-order valence-corrected chi connectivity index (χ3v) is 4.41. The first-order chi connectivity index (χ1) is 8.70. The summed E-state index contributed by atoms with van der Waals surface area (Å²) in [6.45, 7) is 2.16. The zero-order chi connectivity index (χ0) is 13.0. The number of Topliss-reactive ketones (excluding diaryl/α,β-unsaturated/α-hetero) is 1. The van der Waals surface area contributed by atoms with E-state index in [4.69, 9.17) is 4.74 Å². The minimum atomic E-state index is 0.0236. The van der Waals surface area contributed by atoms with Gasteiger partial charge in [-0.3, -0.25) is 4.79 Å². The van der Waals surface area contributed by atoms with Crippen LogP contribution in [0.3, 0.4) is 0 Å². The zero-order valence-corrected chi connectivity index (χ0v) is 12.4. The van der Waals surface area contributed by atoms with Crippen molar-refractivity contribution in [2.45, 2.75) is 13.3 Å². The Morgan fingerprint density at radius 1 is 1.28 bits per heavy atom. The van der Waals surface area contributed by atoms with Gasteiger partial charge in [0, 0.05) is 4.88 Å². The number of benzene rings is 1. The van der Waals surface area contributed by atoms with Gasteiger partial charge in [0.1, 0.15) is 5.75 Å². The molecule has 0 atom stereocenters. The molecule has 94 valence electrons. The summed E-state index contributed by atoms with van der Waals surface area (Å²) in [5.74, 6) is 0.716. The Bertz CT molecular complexity index is 548. The molecule has 0 bridgehead atoms. The standard InChI is InChI=1S/C14H13BrO2S/c1-2-10-7-8-14(18-10)12(16)9-17-13-6-4-3-5-11(13)15/h3-8H,2,9H2,1H3. The van der Waals surface area contributed by atoms with Crippen LogP contribution in [0.15, 0.2) is 40.9 Å². The molecule has 1 heterocycles. The lowest BCUT2D eigenvalue weighted by Crippen LogP contribution is -2.10. The molecule has 0 spiro atoms. The van der Waals surface area contributed by atoms with E-state index in [9.17, 15) is 4.79 Å². The molecule has 0 radical (unpaired) electrons. The van der Waals surface area contributed by atoms with Crippen molar-refractivity contribution in [3.05, 3.63) is 50.6 Å². The maximum absolute atomic E-state index is 11.9. The fourth-order valence-corrected chi connectivity index (χ4v) is 2.76. The topological polar surface area (TPSA) is 26.3 Å². The van der Waals surface area contributed by atoms with E-state index in [0.717, 1.165) is 15.8 Å². The molecule has 0 amide bonds. The molecule has 1 aromatic carbocycles. The van der Waals surface area contributed by atoms with Crippen LogP contribution in [0.5, 0.6) is 5.75 Å². The number of ether oxygens (including phenoxy) is 1. The second-order valence-corrected chi connectivity index (χ2v) is 5.78. The highest BCUT2D eigenvalue weighted by atomic mass is 79.9. The predicted octanol–water partition coefficient (Wildman–Crippen LogP) is 4.33. The number of para-hydroxylation sites is 1. The molecule has 0 saturated carbocycles. The van der Waals surface area contributed by atoms with Crippen LogP contribution in [0.2, 0.25) is 0 Å². The van der Waals surface area contributed by atoms with Crippen molar-refractivity contribution >= 4 is 33.0 Å². The van der Waals surface area contributed by atoms with Crippen molar-refractivity contribution in [3.8, 4) is 5.75 Å². The smallest absolute Gasteiger partial charge is 0.210 e. The van der Waals surface area contributed by atoms with Crippen LogP contribution in [0, 0.1) is 0 Å². The normalized spacial score (nSPS) is 10.3. The van der Waals surface area contributed by atoms with E-state index >= 15 is 0 Å². The van der Waals surface area contributed by atoms with Crippen molar-refractivity contribution in [1.82, 2.24) is 0 Å². The number of carbonyl (C=O) groups excluding carboxylic acids is 1. The SMILES string of the molecule is CCc1ccc(C(=O)COc2ccccc2Br)s1. The second kappa shape index (κ2) is 6.16. The lowest BCUT2D eigenvalue weighted by atomic mass is 10.3. The van der Waals surface area contributed by atoms with Crippen LogP contribution in [0.1, 0.15) is 21.5 Å². The Morgan fingerprint density at radius 2 is 2.06 bits per heavy atom. The van der Waals surface area contributed by atoms with E-state index in [-0.39, 0.29) is 12.4 Å². The zero-order valence-electron chi connectivity index (χ0n) is 9.98. The molecule has 2 nitrogen and oxygen atoms in total. The molecule has 4 heteroatoms. The Hall–Kier alpha value is -1.13. The van der Waals surface area contributed by atoms with Gasteiger partial charge in [-0.25, -0.2) is 0 Å². The summed E-state index contributed by atoms with van der Waals surface area (Å²) in [6, 6.07) is 11.4. The third-order valence-electron chi connectivity index (χ3n) is 2.48. The summed E-state index contributed by atoms with van der Waals surface area (Å²) in [6.07, 6.45) is 0.961. The highest BCUT2D eigenvalue weighted by molar-refractivity contribution is 9.10. The number of hydrogen-bond acceptors (Lipinski definition) is 3. The van der Waals surface area contributed by atoms with E-state index in [2.05, 4.69) is 22.9 Å². The van der Waals surface area contributed by atoms with E-state index < -0.39 is 0 Å². The molecule has 0 aliphatic rings. The van der Waals surface area contributed by atoms with Gasteiger partial charge in [0.25, 0.3) is 0 Å². The molecular formula is C14H13BrO2S. The highest BCUT2D eigenvalue weighted by Gasteiger charge is 2.10. The Kier molecular flexibility index (Phi) is 4.55. The summed E-state index contributed by atoms with van der Waals surface area (Å²) in [4.78, 5) is 13.9. The summed E-state index contributed by atoms with van der Waals surface area (Å²) >= 11 is 4.92. The average molecular weight is 325 g/mol. The van der Waals surface area contributed by atoms with E-state index in [1.807, 2.05) is 36.4 Å². The van der Waals surface area contributed by atoms with Crippen molar-refractivity contribution in [1.29, 1.82) is 0 Å². The van der Waals surface area contributed by atoms with Crippen molar-refractivity contribution in [2.75, 3.05) is 6.61 Å². The molecule has 2 rings (SSSR count). The molecule has 2 aromatic rings. The van der Waals surface area contributed by atoms with Crippen LogP contribution in [-0.2, 0) is 6.42 Å². The maximum Gasteiger partial charge on any atom is 0.210 e.